The van der Waals surface area contributed by atoms with E-state index in [9.17, 15) is 8.42 Å². The molecule has 0 aliphatic rings. The Balaban J connectivity index is 2.34. The second-order valence-corrected chi connectivity index (χ2v) is 6.20. The van der Waals surface area contributed by atoms with Gasteiger partial charge in [0.25, 0.3) is 0 Å². The van der Waals surface area contributed by atoms with E-state index in [-0.39, 0.29) is 21.6 Å². The molecular weight excluding hydrogens is 272 g/mol. The topological polar surface area (TPSA) is 59.9 Å². The summed E-state index contributed by atoms with van der Waals surface area (Å²) in [6.45, 7) is 1.74. The Morgan fingerprint density at radius 3 is 2.44 bits per heavy atom. The fourth-order valence-electron chi connectivity index (χ4n) is 1.53. The van der Waals surface area contributed by atoms with E-state index in [0.717, 1.165) is 0 Å². The quantitative estimate of drug-likeness (QED) is 0.811. The van der Waals surface area contributed by atoms with Gasteiger partial charge in [0.15, 0.2) is 9.84 Å². The average molecular weight is 283 g/mol. The molecule has 2 aromatic rings. The Labute approximate surface area is 111 Å². The highest BCUT2D eigenvalue weighted by Gasteiger charge is 2.17. The van der Waals surface area contributed by atoms with Crippen LogP contribution in [0.25, 0.3) is 0 Å². The molecule has 0 fully saturated rings. The lowest BCUT2D eigenvalue weighted by Crippen LogP contribution is -2.08. The molecule has 6 heteroatoms. The molecule has 1 aromatic carbocycles. The van der Waals surface area contributed by atoms with Crippen LogP contribution < -0.4 is 0 Å². The third-order valence-corrected chi connectivity index (χ3v) is 4.11. The summed E-state index contributed by atoms with van der Waals surface area (Å²) in [6, 6.07) is 9.80. The minimum Gasteiger partial charge on any atom is -0.237 e. The van der Waals surface area contributed by atoms with Crippen LogP contribution in [0.2, 0.25) is 5.15 Å². The van der Waals surface area contributed by atoms with Gasteiger partial charge in [-0.1, -0.05) is 29.8 Å². The summed E-state index contributed by atoms with van der Waals surface area (Å²) in [5.74, 6) is -0.0397. The van der Waals surface area contributed by atoms with Crippen LogP contribution in [0, 0.1) is 6.92 Å². The van der Waals surface area contributed by atoms with Gasteiger partial charge in [-0.25, -0.2) is 18.4 Å². The maximum atomic E-state index is 12.1. The maximum absolute atomic E-state index is 12.1. The van der Waals surface area contributed by atoms with Gasteiger partial charge in [-0.3, -0.25) is 0 Å². The molecule has 94 valence electrons. The fourth-order valence-corrected chi connectivity index (χ4v) is 3.00. The number of rotatable bonds is 3. The van der Waals surface area contributed by atoms with Gasteiger partial charge in [0.1, 0.15) is 16.7 Å². The second-order valence-electron chi connectivity index (χ2n) is 3.82. The minimum absolute atomic E-state index is 0.212. The van der Waals surface area contributed by atoms with Gasteiger partial charge >= 0.3 is 0 Å². The van der Waals surface area contributed by atoms with Crippen LogP contribution in [0.3, 0.4) is 0 Å². The van der Waals surface area contributed by atoms with E-state index in [4.69, 9.17) is 11.6 Å². The molecule has 0 spiro atoms. The van der Waals surface area contributed by atoms with Crippen LogP contribution in [-0.2, 0) is 15.6 Å². The summed E-state index contributed by atoms with van der Waals surface area (Å²) in [5, 5.41) is 0.251. The average Bonchev–Trinajstić information content (AvgIpc) is 2.28. The number of aryl methyl sites for hydroxylation is 1. The lowest BCUT2D eigenvalue weighted by Gasteiger charge is -2.04. The monoisotopic (exact) mass is 282 g/mol. The zero-order valence-electron chi connectivity index (χ0n) is 9.67. The van der Waals surface area contributed by atoms with Crippen molar-refractivity contribution < 1.29 is 8.42 Å². The normalized spacial score (nSPS) is 11.4. The Hall–Kier alpha value is -1.46. The van der Waals surface area contributed by atoms with Gasteiger partial charge in [-0.05, 0) is 25.1 Å². The van der Waals surface area contributed by atoms with Crippen LogP contribution >= 0.6 is 11.6 Å². The van der Waals surface area contributed by atoms with E-state index < -0.39 is 9.84 Å². The Bertz CT molecular complexity index is 637. The zero-order chi connectivity index (χ0) is 13.2. The molecule has 0 unspecified atom stereocenters. The molecule has 0 bridgehead atoms. The van der Waals surface area contributed by atoms with Crippen LogP contribution in [0.5, 0.6) is 0 Å². The molecule has 0 amide bonds. The van der Waals surface area contributed by atoms with Gasteiger partial charge in [-0.2, -0.15) is 0 Å². The van der Waals surface area contributed by atoms with Crippen molar-refractivity contribution in [1.29, 1.82) is 0 Å². The predicted octanol–water partition coefficient (Wildman–Crippen LogP) is 2.41. The van der Waals surface area contributed by atoms with E-state index in [1.807, 2.05) is 0 Å². The number of hydrogen-bond acceptors (Lipinski definition) is 4. The van der Waals surface area contributed by atoms with Crippen molar-refractivity contribution in [3.8, 4) is 0 Å². The van der Waals surface area contributed by atoms with Crippen molar-refractivity contribution >= 4 is 21.4 Å². The number of halogens is 1. The molecule has 18 heavy (non-hydrogen) atoms. The van der Waals surface area contributed by atoms with Crippen LogP contribution in [0.4, 0.5) is 0 Å². The van der Waals surface area contributed by atoms with Gasteiger partial charge in [0, 0.05) is 5.69 Å². The van der Waals surface area contributed by atoms with Crippen molar-refractivity contribution in [2.24, 2.45) is 0 Å². The molecule has 0 radical (unpaired) electrons. The standard InChI is InChI=1S/C12H11ClN2O2S/c1-9-7-11(13)15-12(14-9)8-18(16,17)10-5-3-2-4-6-10/h2-7H,8H2,1H3. The zero-order valence-corrected chi connectivity index (χ0v) is 11.2. The highest BCUT2D eigenvalue weighted by atomic mass is 35.5. The number of sulfone groups is 1. The van der Waals surface area contributed by atoms with Crippen molar-refractivity contribution in [2.45, 2.75) is 17.6 Å². The summed E-state index contributed by atoms with van der Waals surface area (Å²) in [5.41, 5.74) is 0.647. The fraction of sp³-hybridized carbons (Fsp3) is 0.167. The summed E-state index contributed by atoms with van der Waals surface area (Å²) < 4.78 is 24.2. The molecule has 1 heterocycles. The van der Waals surface area contributed by atoms with Crippen molar-refractivity contribution in [3.63, 3.8) is 0 Å². The van der Waals surface area contributed by atoms with Gasteiger partial charge in [-0.15, -0.1) is 0 Å². The lowest BCUT2D eigenvalue weighted by molar-refractivity contribution is 0.593. The van der Waals surface area contributed by atoms with Crippen LogP contribution in [0.15, 0.2) is 41.3 Å². The van der Waals surface area contributed by atoms with Crippen molar-refractivity contribution in [1.82, 2.24) is 9.97 Å². The van der Waals surface area contributed by atoms with E-state index in [0.29, 0.717) is 5.69 Å². The molecule has 0 aliphatic carbocycles. The first kappa shape index (κ1) is 13.0. The first-order valence-corrected chi connectivity index (χ1v) is 7.28. The van der Waals surface area contributed by atoms with E-state index in [1.165, 1.54) is 0 Å². The third kappa shape index (κ3) is 3.05. The number of hydrogen-bond donors (Lipinski definition) is 0. The lowest BCUT2D eigenvalue weighted by atomic mass is 10.4. The Morgan fingerprint density at radius 2 is 1.83 bits per heavy atom. The number of benzene rings is 1. The molecule has 0 N–H and O–H groups in total. The molecule has 0 saturated heterocycles. The largest absolute Gasteiger partial charge is 0.237 e. The number of aromatic nitrogens is 2. The molecule has 4 nitrogen and oxygen atoms in total. The minimum atomic E-state index is -3.43. The first-order chi connectivity index (χ1) is 8.47. The molecular formula is C12H11ClN2O2S. The molecule has 2 rings (SSSR count). The second kappa shape index (κ2) is 5.04. The predicted molar refractivity (Wildman–Crippen MR) is 69.1 cm³/mol. The molecule has 0 aliphatic heterocycles. The maximum Gasteiger partial charge on any atom is 0.185 e. The molecule has 0 saturated carbocycles. The van der Waals surface area contributed by atoms with Gasteiger partial charge in [0.2, 0.25) is 0 Å². The molecule has 1 aromatic heterocycles. The van der Waals surface area contributed by atoms with E-state index >= 15 is 0 Å². The van der Waals surface area contributed by atoms with Crippen LogP contribution in [-0.4, -0.2) is 18.4 Å². The number of nitrogens with zero attached hydrogens (tertiary/aromatic N) is 2. The summed E-state index contributed by atoms with van der Waals surface area (Å²) >= 11 is 5.78. The van der Waals surface area contributed by atoms with Crippen molar-refractivity contribution in [3.05, 3.63) is 53.1 Å². The van der Waals surface area contributed by atoms with Crippen molar-refractivity contribution in [2.75, 3.05) is 0 Å². The van der Waals surface area contributed by atoms with Gasteiger partial charge in [0.05, 0.1) is 4.90 Å². The summed E-state index contributed by atoms with van der Waals surface area (Å²) in [6.07, 6.45) is 0. The Kier molecular flexibility index (Phi) is 3.63. The van der Waals surface area contributed by atoms with Crippen LogP contribution in [0.1, 0.15) is 11.5 Å². The highest BCUT2D eigenvalue weighted by Crippen LogP contribution is 2.15. The Morgan fingerprint density at radius 1 is 1.17 bits per heavy atom. The molecule has 0 atom stereocenters. The summed E-state index contributed by atoms with van der Waals surface area (Å²) in [7, 11) is -3.43. The SMILES string of the molecule is Cc1cc(Cl)nc(CS(=O)(=O)c2ccccc2)n1. The van der Waals surface area contributed by atoms with E-state index in [2.05, 4.69) is 9.97 Å². The first-order valence-electron chi connectivity index (χ1n) is 5.25. The van der Waals surface area contributed by atoms with Gasteiger partial charge < -0.3 is 0 Å². The third-order valence-electron chi connectivity index (χ3n) is 2.29. The van der Waals surface area contributed by atoms with E-state index in [1.54, 1.807) is 43.3 Å². The smallest absolute Gasteiger partial charge is 0.185 e. The summed E-state index contributed by atoms with van der Waals surface area (Å²) in [4.78, 5) is 8.25. The highest BCUT2D eigenvalue weighted by molar-refractivity contribution is 7.90.